The van der Waals surface area contributed by atoms with Gasteiger partial charge in [0.2, 0.25) is 11.8 Å². The Morgan fingerprint density at radius 3 is 2.48 bits per heavy atom. The van der Waals surface area contributed by atoms with Crippen LogP contribution < -0.4 is 20.7 Å². The predicted molar refractivity (Wildman–Crippen MR) is 221 cm³/mol. The second kappa shape index (κ2) is 16.1. The lowest BCUT2D eigenvalue weighted by molar-refractivity contribution is -0.136. The number of carbonyl (C=O) groups is 5. The first-order valence-electron chi connectivity index (χ1n) is 21.3. The van der Waals surface area contributed by atoms with Crippen LogP contribution in [-0.4, -0.2) is 93.4 Å². The van der Waals surface area contributed by atoms with Gasteiger partial charge in [-0.2, -0.15) is 5.10 Å². The molecule has 2 saturated carbocycles. The number of hydrogen-bond acceptors (Lipinski definition) is 10. The van der Waals surface area contributed by atoms with Crippen LogP contribution in [0.4, 0.5) is 15.8 Å². The van der Waals surface area contributed by atoms with E-state index in [9.17, 15) is 28.4 Å². The third-order valence-electron chi connectivity index (χ3n) is 13.7. The first kappa shape index (κ1) is 39.7. The molecule has 4 aromatic rings. The number of piperidine rings is 2. The molecule has 5 amide bonds. The van der Waals surface area contributed by atoms with Gasteiger partial charge >= 0.3 is 0 Å². The number of hydrogen-bond donors (Lipinski definition) is 3. The fourth-order valence-electron chi connectivity index (χ4n) is 10.4. The van der Waals surface area contributed by atoms with Crippen molar-refractivity contribution >= 4 is 51.8 Å². The standard InChI is InChI=1S/C45H51FN8O6/c1-26-32(46)10-11-34(48-26)41(56)49-36-20-29-25-53(51-35(29)21-38(36)60-2)30-8-6-27(7-9-30)24-52-18-15-45(16-19-52)22-28(23-45)14-17-47-33-5-3-4-31-40(33)44(59)54(43(31)58)37-12-13-39(55)50-42(37)57/h3-5,10-11,20-21,25,27-28,30,37,47H,6-9,12-19,22-24H2,1-2H3,(H,49,56)(H,50,55,57). The van der Waals surface area contributed by atoms with Gasteiger partial charge in [-0.1, -0.05) is 6.07 Å². The molecule has 14 nitrogen and oxygen atoms in total. The summed E-state index contributed by atoms with van der Waals surface area (Å²) in [6.45, 7) is 5.65. The molecule has 1 unspecified atom stereocenters. The van der Waals surface area contributed by atoms with Crippen LogP contribution in [0.5, 0.6) is 5.75 Å². The molecule has 2 aliphatic carbocycles. The number of rotatable bonds is 11. The smallest absolute Gasteiger partial charge is 0.274 e. The van der Waals surface area contributed by atoms with Crippen molar-refractivity contribution in [1.82, 2.24) is 29.9 Å². The summed E-state index contributed by atoms with van der Waals surface area (Å²) < 4.78 is 21.4. The number of amides is 5. The van der Waals surface area contributed by atoms with Crippen molar-refractivity contribution in [1.29, 1.82) is 0 Å². The highest BCUT2D eigenvalue weighted by Gasteiger charge is 2.47. The van der Waals surface area contributed by atoms with Crippen molar-refractivity contribution < 1.29 is 33.1 Å². The van der Waals surface area contributed by atoms with E-state index >= 15 is 0 Å². The zero-order valence-corrected chi connectivity index (χ0v) is 34.1. The maximum Gasteiger partial charge on any atom is 0.274 e. The van der Waals surface area contributed by atoms with Crippen LogP contribution in [0.25, 0.3) is 10.9 Å². The summed E-state index contributed by atoms with van der Waals surface area (Å²) in [4.78, 5) is 71.5. The number of aryl methyl sites for hydroxylation is 1. The first-order valence-corrected chi connectivity index (χ1v) is 21.3. The van der Waals surface area contributed by atoms with Crippen LogP contribution in [0, 0.1) is 30.0 Å². The molecule has 0 radical (unpaired) electrons. The minimum absolute atomic E-state index is 0.0930. The quantitative estimate of drug-likeness (QED) is 0.147. The highest BCUT2D eigenvalue weighted by Crippen LogP contribution is 2.54. The molecule has 314 valence electrons. The molecular formula is C45H51FN8O6. The van der Waals surface area contributed by atoms with E-state index in [0.29, 0.717) is 58.1 Å². The third kappa shape index (κ3) is 7.63. The van der Waals surface area contributed by atoms with Gasteiger partial charge in [0.15, 0.2) is 0 Å². The van der Waals surface area contributed by atoms with Crippen molar-refractivity contribution in [3.05, 3.63) is 77.0 Å². The van der Waals surface area contributed by atoms with Gasteiger partial charge in [-0.3, -0.25) is 38.9 Å². The van der Waals surface area contributed by atoms with Gasteiger partial charge in [0.1, 0.15) is 23.3 Å². The zero-order chi connectivity index (χ0) is 41.7. The molecule has 2 saturated heterocycles. The number of methoxy groups -OCH3 is 1. The summed E-state index contributed by atoms with van der Waals surface area (Å²) in [7, 11) is 1.55. The summed E-state index contributed by atoms with van der Waals surface area (Å²) in [5.41, 5.74) is 3.25. The van der Waals surface area contributed by atoms with Gasteiger partial charge in [-0.05, 0) is 132 Å². The van der Waals surface area contributed by atoms with Gasteiger partial charge in [0.05, 0.1) is 41.2 Å². The van der Waals surface area contributed by atoms with Crippen molar-refractivity contribution in [2.45, 2.75) is 89.6 Å². The highest BCUT2D eigenvalue weighted by atomic mass is 19.1. The van der Waals surface area contributed by atoms with E-state index < -0.39 is 35.5 Å². The number of aromatic nitrogens is 3. The minimum Gasteiger partial charge on any atom is -0.494 e. The van der Waals surface area contributed by atoms with Gasteiger partial charge in [0.25, 0.3) is 17.7 Å². The molecule has 15 heteroatoms. The number of halogens is 1. The molecular weight excluding hydrogens is 768 g/mol. The van der Waals surface area contributed by atoms with Gasteiger partial charge in [0, 0.05) is 42.8 Å². The van der Waals surface area contributed by atoms with E-state index in [2.05, 4.69) is 36.7 Å². The van der Waals surface area contributed by atoms with Crippen LogP contribution in [0.3, 0.4) is 0 Å². The fourth-order valence-corrected chi connectivity index (χ4v) is 10.4. The molecule has 1 atom stereocenters. The van der Waals surface area contributed by atoms with E-state index in [4.69, 9.17) is 9.84 Å². The fraction of sp³-hybridized carbons (Fsp3) is 0.489. The SMILES string of the molecule is COc1cc2nn(C3CCC(CN4CCC5(CC4)CC(CCNc4cccc6c4C(=O)N(C4CCC(=O)NC4=O)C6=O)C5)CC3)cc2cc1NC(=O)c1ccc(F)c(C)n1. The maximum absolute atomic E-state index is 13.7. The Hall–Kier alpha value is -5.70. The number of imide groups is 2. The Morgan fingerprint density at radius 2 is 1.75 bits per heavy atom. The summed E-state index contributed by atoms with van der Waals surface area (Å²) in [5, 5.41) is 14.4. The van der Waals surface area contributed by atoms with Crippen LogP contribution in [0.15, 0.2) is 48.7 Å². The molecule has 5 aliphatic rings. The molecule has 2 aromatic heterocycles. The number of benzene rings is 2. The zero-order valence-electron chi connectivity index (χ0n) is 34.1. The number of anilines is 2. The van der Waals surface area contributed by atoms with E-state index in [1.807, 2.05) is 18.2 Å². The van der Waals surface area contributed by atoms with Crippen LogP contribution in [0.1, 0.15) is 114 Å². The Morgan fingerprint density at radius 1 is 0.967 bits per heavy atom. The maximum atomic E-state index is 13.7. The van der Waals surface area contributed by atoms with E-state index in [-0.39, 0.29) is 30.1 Å². The van der Waals surface area contributed by atoms with Crippen LogP contribution in [0.2, 0.25) is 0 Å². The number of ether oxygens (including phenoxy) is 1. The van der Waals surface area contributed by atoms with Gasteiger partial charge in [-0.15, -0.1) is 0 Å². The summed E-state index contributed by atoms with van der Waals surface area (Å²) in [5.74, 6) is -1.08. The molecule has 60 heavy (non-hydrogen) atoms. The number of pyridine rings is 1. The summed E-state index contributed by atoms with van der Waals surface area (Å²) in [6, 6.07) is 10.9. The lowest BCUT2D eigenvalue weighted by atomic mass is 9.57. The molecule has 9 rings (SSSR count). The number of nitrogens with zero attached hydrogens (tertiary/aromatic N) is 5. The van der Waals surface area contributed by atoms with Gasteiger partial charge in [-0.25, -0.2) is 9.37 Å². The lowest BCUT2D eigenvalue weighted by Gasteiger charge is -2.53. The largest absolute Gasteiger partial charge is 0.494 e. The summed E-state index contributed by atoms with van der Waals surface area (Å²) >= 11 is 0. The molecule has 1 spiro atoms. The molecule has 4 fully saturated rings. The summed E-state index contributed by atoms with van der Waals surface area (Å²) in [6.07, 6.45) is 12.6. The van der Waals surface area contributed by atoms with E-state index in [1.165, 1.54) is 44.7 Å². The number of nitrogens with one attached hydrogen (secondary N) is 3. The Kier molecular flexibility index (Phi) is 10.6. The molecule has 3 N–H and O–H groups in total. The Bertz CT molecular complexity index is 2370. The van der Waals surface area contributed by atoms with Crippen molar-refractivity contribution in [2.75, 3.05) is 43.9 Å². The average Bonchev–Trinajstić information content (AvgIpc) is 3.76. The monoisotopic (exact) mass is 818 g/mol. The Balaban J connectivity index is 0.713. The van der Waals surface area contributed by atoms with E-state index in [1.54, 1.807) is 19.2 Å². The van der Waals surface area contributed by atoms with Crippen molar-refractivity contribution in [3.8, 4) is 5.75 Å². The second-order valence-corrected chi connectivity index (χ2v) is 17.6. The van der Waals surface area contributed by atoms with Crippen LogP contribution in [-0.2, 0) is 9.59 Å². The number of carbonyl (C=O) groups excluding carboxylic acids is 5. The van der Waals surface area contributed by atoms with Gasteiger partial charge < -0.3 is 20.3 Å². The topological polar surface area (TPSA) is 168 Å². The van der Waals surface area contributed by atoms with Crippen LogP contribution >= 0.6 is 0 Å². The highest BCUT2D eigenvalue weighted by molar-refractivity contribution is 6.25. The molecule has 3 aliphatic heterocycles. The van der Waals surface area contributed by atoms with Crippen molar-refractivity contribution in [2.24, 2.45) is 17.3 Å². The molecule has 5 heterocycles. The second-order valence-electron chi connectivity index (χ2n) is 17.6. The lowest BCUT2D eigenvalue weighted by Crippen LogP contribution is -2.54. The van der Waals surface area contributed by atoms with E-state index in [0.717, 1.165) is 67.5 Å². The average molecular weight is 819 g/mol. The minimum atomic E-state index is -0.976. The molecule has 0 bridgehead atoms. The number of likely N-dealkylation sites (tertiary alicyclic amines) is 1. The third-order valence-corrected chi connectivity index (χ3v) is 13.7. The molecule has 2 aromatic carbocycles. The van der Waals surface area contributed by atoms with Crippen molar-refractivity contribution in [3.63, 3.8) is 0 Å². The normalized spacial score (nSPS) is 23.1. The predicted octanol–water partition coefficient (Wildman–Crippen LogP) is 6.27. The number of fused-ring (bicyclic) bond motifs is 2. The Labute approximate surface area is 347 Å². The first-order chi connectivity index (χ1) is 29.0.